The first-order valence-electron chi connectivity index (χ1n) is 11.7. The summed E-state index contributed by atoms with van der Waals surface area (Å²) in [4.78, 5) is 4.76. The standard InChI is InChI=1S/C27H28N6O/c1-19(2)25-30-31-26-23-13-6-7-14-24(23)27(32-33(25)26)34-18-22-12-8-11-21(29-22)17-28-16-15-20-9-4-3-5-10-20/h3-14,19,28H,15-18H2,1-2H3. The normalized spacial score (nSPS) is 11.5. The summed E-state index contributed by atoms with van der Waals surface area (Å²) in [5, 5.41) is 18.8. The van der Waals surface area contributed by atoms with Crippen LogP contribution in [0.3, 0.4) is 0 Å². The van der Waals surface area contributed by atoms with E-state index in [4.69, 9.17) is 14.8 Å². The molecule has 34 heavy (non-hydrogen) atoms. The first-order chi connectivity index (χ1) is 16.7. The zero-order valence-corrected chi connectivity index (χ0v) is 19.5. The van der Waals surface area contributed by atoms with Gasteiger partial charge < -0.3 is 10.1 Å². The van der Waals surface area contributed by atoms with E-state index >= 15 is 0 Å². The lowest BCUT2D eigenvalue weighted by molar-refractivity contribution is 0.288. The van der Waals surface area contributed by atoms with Crippen molar-refractivity contribution >= 4 is 16.4 Å². The number of nitrogens with one attached hydrogen (secondary N) is 1. The summed E-state index contributed by atoms with van der Waals surface area (Å²) in [5.41, 5.74) is 3.92. The van der Waals surface area contributed by atoms with E-state index in [-0.39, 0.29) is 5.92 Å². The molecular formula is C27H28N6O. The fourth-order valence-electron chi connectivity index (χ4n) is 3.98. The highest BCUT2D eigenvalue weighted by molar-refractivity contribution is 5.96. The SMILES string of the molecule is CC(C)c1nnc2c3ccccc3c(OCc3cccc(CNCCc4ccccc4)n3)nn12. The van der Waals surface area contributed by atoms with E-state index < -0.39 is 0 Å². The van der Waals surface area contributed by atoms with Gasteiger partial charge in [-0.1, -0.05) is 68.4 Å². The van der Waals surface area contributed by atoms with Crippen LogP contribution in [0.2, 0.25) is 0 Å². The minimum Gasteiger partial charge on any atom is -0.470 e. The summed E-state index contributed by atoms with van der Waals surface area (Å²) < 4.78 is 7.98. The minimum absolute atomic E-state index is 0.198. The average molecular weight is 453 g/mol. The van der Waals surface area contributed by atoms with E-state index in [1.165, 1.54) is 5.56 Å². The molecule has 5 rings (SSSR count). The fraction of sp³-hybridized carbons (Fsp3) is 0.259. The molecule has 0 unspecified atom stereocenters. The van der Waals surface area contributed by atoms with Gasteiger partial charge in [0.15, 0.2) is 11.5 Å². The van der Waals surface area contributed by atoms with Gasteiger partial charge in [0.2, 0.25) is 5.88 Å². The van der Waals surface area contributed by atoms with E-state index in [1.807, 2.05) is 48.5 Å². The van der Waals surface area contributed by atoms with Gasteiger partial charge in [-0.2, -0.15) is 4.52 Å². The molecule has 172 valence electrons. The highest BCUT2D eigenvalue weighted by Crippen LogP contribution is 2.28. The molecule has 3 aromatic heterocycles. The third kappa shape index (κ3) is 4.75. The average Bonchev–Trinajstić information content (AvgIpc) is 3.31. The molecule has 0 aliphatic heterocycles. The molecule has 0 aliphatic carbocycles. The van der Waals surface area contributed by atoms with Gasteiger partial charge in [0.25, 0.3) is 0 Å². The van der Waals surface area contributed by atoms with Crippen LogP contribution >= 0.6 is 0 Å². The summed E-state index contributed by atoms with van der Waals surface area (Å²) in [6.07, 6.45) is 0.992. The molecule has 1 N–H and O–H groups in total. The maximum atomic E-state index is 6.19. The molecule has 0 aliphatic rings. The van der Waals surface area contributed by atoms with Crippen LogP contribution < -0.4 is 10.1 Å². The lowest BCUT2D eigenvalue weighted by Gasteiger charge is -2.11. The predicted molar refractivity (Wildman–Crippen MR) is 133 cm³/mol. The monoisotopic (exact) mass is 452 g/mol. The summed E-state index contributed by atoms with van der Waals surface area (Å²) in [6, 6.07) is 24.5. The number of rotatable bonds is 9. The van der Waals surface area contributed by atoms with Gasteiger partial charge in [0, 0.05) is 23.2 Å². The van der Waals surface area contributed by atoms with Gasteiger partial charge in [0.05, 0.1) is 11.4 Å². The third-order valence-corrected chi connectivity index (χ3v) is 5.73. The first-order valence-corrected chi connectivity index (χ1v) is 11.7. The number of ether oxygens (including phenoxy) is 1. The Balaban J connectivity index is 1.29. The van der Waals surface area contributed by atoms with Crippen LogP contribution in [0.5, 0.6) is 5.88 Å². The molecule has 0 amide bonds. The number of fused-ring (bicyclic) bond motifs is 3. The number of pyridine rings is 1. The molecule has 0 bridgehead atoms. The van der Waals surface area contributed by atoms with E-state index in [2.05, 4.69) is 53.6 Å². The Hall–Kier alpha value is -3.84. The van der Waals surface area contributed by atoms with Crippen molar-refractivity contribution in [2.75, 3.05) is 6.54 Å². The van der Waals surface area contributed by atoms with E-state index in [0.29, 0.717) is 19.0 Å². The zero-order chi connectivity index (χ0) is 23.3. The van der Waals surface area contributed by atoms with Gasteiger partial charge >= 0.3 is 0 Å². The molecule has 0 atom stereocenters. The van der Waals surface area contributed by atoms with Crippen molar-refractivity contribution in [2.24, 2.45) is 0 Å². The van der Waals surface area contributed by atoms with Crippen LogP contribution in [-0.2, 0) is 19.6 Å². The van der Waals surface area contributed by atoms with E-state index in [0.717, 1.165) is 46.6 Å². The van der Waals surface area contributed by atoms with Crippen LogP contribution in [-0.4, -0.2) is 31.3 Å². The number of benzene rings is 2. The van der Waals surface area contributed by atoms with Crippen molar-refractivity contribution in [3.8, 4) is 5.88 Å². The molecule has 7 nitrogen and oxygen atoms in total. The quantitative estimate of drug-likeness (QED) is 0.327. The van der Waals surface area contributed by atoms with Crippen molar-refractivity contribution in [1.29, 1.82) is 0 Å². The number of hydrogen-bond acceptors (Lipinski definition) is 6. The highest BCUT2D eigenvalue weighted by Gasteiger charge is 2.16. The summed E-state index contributed by atoms with van der Waals surface area (Å²) >= 11 is 0. The summed E-state index contributed by atoms with van der Waals surface area (Å²) in [6.45, 7) is 6.11. The van der Waals surface area contributed by atoms with Crippen molar-refractivity contribution in [1.82, 2.24) is 30.1 Å². The van der Waals surface area contributed by atoms with E-state index in [1.54, 1.807) is 4.52 Å². The minimum atomic E-state index is 0.198. The summed E-state index contributed by atoms with van der Waals surface area (Å²) in [5.74, 6) is 1.56. The van der Waals surface area contributed by atoms with Crippen molar-refractivity contribution in [3.63, 3.8) is 0 Å². The third-order valence-electron chi connectivity index (χ3n) is 5.73. The Bertz CT molecular complexity index is 1400. The number of aromatic nitrogens is 5. The van der Waals surface area contributed by atoms with Crippen molar-refractivity contribution in [2.45, 2.75) is 39.3 Å². The highest BCUT2D eigenvalue weighted by atomic mass is 16.5. The molecule has 0 saturated heterocycles. The molecule has 5 aromatic rings. The maximum absolute atomic E-state index is 6.19. The Morgan fingerprint density at radius 2 is 1.62 bits per heavy atom. The van der Waals surface area contributed by atoms with Gasteiger partial charge in [-0.15, -0.1) is 15.3 Å². The van der Waals surface area contributed by atoms with Gasteiger partial charge in [-0.05, 0) is 36.7 Å². The van der Waals surface area contributed by atoms with E-state index in [9.17, 15) is 0 Å². The lowest BCUT2D eigenvalue weighted by atomic mass is 10.1. The second kappa shape index (κ2) is 9.97. The first kappa shape index (κ1) is 22.0. The largest absolute Gasteiger partial charge is 0.470 e. The molecule has 7 heteroatoms. The number of hydrogen-bond donors (Lipinski definition) is 1. The van der Waals surface area contributed by atoms with Crippen molar-refractivity contribution in [3.05, 3.63) is 95.6 Å². The maximum Gasteiger partial charge on any atom is 0.240 e. The summed E-state index contributed by atoms with van der Waals surface area (Å²) in [7, 11) is 0. The molecule has 2 aromatic carbocycles. The zero-order valence-electron chi connectivity index (χ0n) is 19.5. The van der Waals surface area contributed by atoms with Crippen LogP contribution in [0.1, 0.15) is 42.5 Å². The molecular weight excluding hydrogens is 424 g/mol. The molecule has 0 saturated carbocycles. The topological polar surface area (TPSA) is 77.2 Å². The number of nitrogens with zero attached hydrogens (tertiary/aromatic N) is 5. The van der Waals surface area contributed by atoms with Crippen LogP contribution in [0.4, 0.5) is 0 Å². The van der Waals surface area contributed by atoms with Crippen LogP contribution in [0.15, 0.2) is 72.8 Å². The van der Waals surface area contributed by atoms with Gasteiger partial charge in [-0.3, -0.25) is 4.98 Å². The predicted octanol–water partition coefficient (Wildman–Crippen LogP) is 4.71. The van der Waals surface area contributed by atoms with Crippen LogP contribution in [0, 0.1) is 0 Å². The van der Waals surface area contributed by atoms with Crippen molar-refractivity contribution < 1.29 is 4.74 Å². The molecule has 3 heterocycles. The Morgan fingerprint density at radius 3 is 2.44 bits per heavy atom. The molecule has 0 fully saturated rings. The molecule has 0 radical (unpaired) electrons. The molecule has 0 spiro atoms. The van der Waals surface area contributed by atoms with Gasteiger partial charge in [-0.25, -0.2) is 0 Å². The second-order valence-electron chi connectivity index (χ2n) is 8.62. The fourth-order valence-corrected chi connectivity index (χ4v) is 3.98. The Morgan fingerprint density at radius 1 is 0.853 bits per heavy atom. The Kier molecular flexibility index (Phi) is 6.44. The lowest BCUT2D eigenvalue weighted by Crippen LogP contribution is -2.18. The van der Waals surface area contributed by atoms with Gasteiger partial charge in [0.1, 0.15) is 6.61 Å². The second-order valence-corrected chi connectivity index (χ2v) is 8.62. The van der Waals surface area contributed by atoms with Crippen LogP contribution in [0.25, 0.3) is 16.4 Å². The smallest absolute Gasteiger partial charge is 0.240 e. The Labute approximate surface area is 198 Å².